The van der Waals surface area contributed by atoms with E-state index in [-0.39, 0.29) is 5.82 Å². The first kappa shape index (κ1) is 17.6. The maximum Gasteiger partial charge on any atom is 0.194 e. The van der Waals surface area contributed by atoms with E-state index in [1.807, 2.05) is 24.4 Å². The van der Waals surface area contributed by atoms with Gasteiger partial charge in [-0.05, 0) is 42.0 Å². The summed E-state index contributed by atoms with van der Waals surface area (Å²) in [7, 11) is 2.05. The molecule has 2 aromatic rings. The largest absolute Gasteiger partial charge is 0.368 e. The minimum atomic E-state index is -0.193. The molecule has 1 aromatic carbocycles. The van der Waals surface area contributed by atoms with Crippen molar-refractivity contribution in [2.75, 3.05) is 56.1 Å². The first-order valence-electron chi connectivity index (χ1n) is 9.39. The van der Waals surface area contributed by atoms with Crippen molar-refractivity contribution >= 4 is 17.5 Å². The Bertz CT molecular complexity index is 798. The zero-order valence-corrected chi connectivity index (χ0v) is 15.6. The van der Waals surface area contributed by atoms with Crippen molar-refractivity contribution in [1.82, 2.24) is 15.2 Å². The SMILES string of the molecule is CN1CCN=C1NCc1ccnc(N2CCN(c3ccc(F)cc3)CC2)c1. The molecular formula is C20H25FN6. The number of nitrogens with one attached hydrogen (secondary N) is 1. The Labute approximate surface area is 159 Å². The molecule has 1 N–H and O–H groups in total. The van der Waals surface area contributed by atoms with Crippen molar-refractivity contribution in [3.63, 3.8) is 0 Å². The van der Waals surface area contributed by atoms with E-state index in [0.717, 1.165) is 63.3 Å². The van der Waals surface area contributed by atoms with Gasteiger partial charge in [0.2, 0.25) is 0 Å². The molecule has 4 rings (SSSR count). The van der Waals surface area contributed by atoms with E-state index < -0.39 is 0 Å². The third kappa shape index (κ3) is 4.13. The Morgan fingerprint density at radius 3 is 2.44 bits per heavy atom. The molecule has 27 heavy (non-hydrogen) atoms. The van der Waals surface area contributed by atoms with Crippen LogP contribution >= 0.6 is 0 Å². The molecule has 0 spiro atoms. The molecule has 1 aromatic heterocycles. The van der Waals surface area contributed by atoms with Crippen LogP contribution in [0.5, 0.6) is 0 Å². The van der Waals surface area contributed by atoms with Crippen LogP contribution in [0.2, 0.25) is 0 Å². The third-order valence-electron chi connectivity index (χ3n) is 5.11. The Morgan fingerprint density at radius 2 is 1.74 bits per heavy atom. The molecule has 3 heterocycles. The highest BCUT2D eigenvalue weighted by atomic mass is 19.1. The minimum absolute atomic E-state index is 0.193. The van der Waals surface area contributed by atoms with Crippen LogP contribution in [0, 0.1) is 5.82 Å². The highest BCUT2D eigenvalue weighted by Gasteiger charge is 2.19. The summed E-state index contributed by atoms with van der Waals surface area (Å²) in [6.45, 7) is 6.18. The van der Waals surface area contributed by atoms with Gasteiger partial charge in [0, 0.05) is 58.2 Å². The number of rotatable bonds is 4. The van der Waals surface area contributed by atoms with Crippen molar-refractivity contribution in [3.05, 3.63) is 54.0 Å². The first-order chi connectivity index (χ1) is 13.2. The number of hydrogen-bond acceptors (Lipinski definition) is 6. The van der Waals surface area contributed by atoms with Gasteiger partial charge in [0.25, 0.3) is 0 Å². The van der Waals surface area contributed by atoms with Gasteiger partial charge in [-0.2, -0.15) is 0 Å². The minimum Gasteiger partial charge on any atom is -0.368 e. The summed E-state index contributed by atoms with van der Waals surface area (Å²) < 4.78 is 13.1. The fourth-order valence-electron chi connectivity index (χ4n) is 3.49. The van der Waals surface area contributed by atoms with E-state index >= 15 is 0 Å². The molecule has 142 valence electrons. The lowest BCUT2D eigenvalue weighted by atomic mass is 10.2. The maximum absolute atomic E-state index is 13.1. The molecule has 2 aliphatic heterocycles. The Balaban J connectivity index is 1.35. The second-order valence-electron chi connectivity index (χ2n) is 6.95. The van der Waals surface area contributed by atoms with Crippen LogP contribution in [-0.4, -0.2) is 62.2 Å². The van der Waals surface area contributed by atoms with Gasteiger partial charge in [-0.25, -0.2) is 9.37 Å². The monoisotopic (exact) mass is 368 g/mol. The van der Waals surface area contributed by atoms with Crippen LogP contribution in [0.4, 0.5) is 15.9 Å². The summed E-state index contributed by atoms with van der Waals surface area (Å²) in [5, 5.41) is 3.40. The molecular weight excluding hydrogens is 343 g/mol. The number of piperazine rings is 1. The molecule has 7 heteroatoms. The summed E-state index contributed by atoms with van der Waals surface area (Å²) >= 11 is 0. The number of nitrogens with zero attached hydrogens (tertiary/aromatic N) is 5. The zero-order chi connectivity index (χ0) is 18.6. The number of benzene rings is 1. The first-order valence-corrected chi connectivity index (χ1v) is 9.39. The predicted molar refractivity (Wildman–Crippen MR) is 107 cm³/mol. The summed E-state index contributed by atoms with van der Waals surface area (Å²) in [4.78, 5) is 15.8. The number of aliphatic imine (C=N–C) groups is 1. The average Bonchev–Trinajstić information content (AvgIpc) is 3.12. The lowest BCUT2D eigenvalue weighted by Crippen LogP contribution is -2.46. The normalized spacial score (nSPS) is 17.3. The number of aromatic nitrogens is 1. The summed E-state index contributed by atoms with van der Waals surface area (Å²) in [5.74, 6) is 1.78. The molecule has 1 saturated heterocycles. The lowest BCUT2D eigenvalue weighted by Gasteiger charge is -2.36. The molecule has 0 amide bonds. The number of anilines is 2. The van der Waals surface area contributed by atoms with Gasteiger partial charge in [0.1, 0.15) is 11.6 Å². The van der Waals surface area contributed by atoms with E-state index in [1.54, 1.807) is 0 Å². The van der Waals surface area contributed by atoms with E-state index in [9.17, 15) is 4.39 Å². The van der Waals surface area contributed by atoms with Crippen LogP contribution in [0.1, 0.15) is 5.56 Å². The predicted octanol–water partition coefficient (Wildman–Crippen LogP) is 1.94. The van der Waals surface area contributed by atoms with E-state index in [1.165, 1.54) is 17.7 Å². The van der Waals surface area contributed by atoms with Gasteiger partial charge in [0.15, 0.2) is 5.96 Å². The topological polar surface area (TPSA) is 47.0 Å². The van der Waals surface area contributed by atoms with Crippen molar-refractivity contribution in [2.45, 2.75) is 6.54 Å². The lowest BCUT2D eigenvalue weighted by molar-refractivity contribution is 0.534. The van der Waals surface area contributed by atoms with Gasteiger partial charge in [-0.3, -0.25) is 4.99 Å². The van der Waals surface area contributed by atoms with Gasteiger partial charge in [-0.15, -0.1) is 0 Å². The smallest absolute Gasteiger partial charge is 0.194 e. The third-order valence-corrected chi connectivity index (χ3v) is 5.11. The zero-order valence-electron chi connectivity index (χ0n) is 15.6. The Kier molecular flexibility index (Phi) is 5.09. The number of hydrogen-bond donors (Lipinski definition) is 1. The average molecular weight is 368 g/mol. The summed E-state index contributed by atoms with van der Waals surface area (Å²) in [6, 6.07) is 10.9. The molecule has 1 fully saturated rings. The van der Waals surface area contributed by atoms with E-state index in [2.05, 4.69) is 43.1 Å². The molecule has 2 aliphatic rings. The van der Waals surface area contributed by atoms with Crippen molar-refractivity contribution in [1.29, 1.82) is 0 Å². The van der Waals surface area contributed by atoms with Crippen molar-refractivity contribution < 1.29 is 4.39 Å². The van der Waals surface area contributed by atoms with Crippen LogP contribution < -0.4 is 15.1 Å². The quantitative estimate of drug-likeness (QED) is 0.894. The molecule has 0 aliphatic carbocycles. The van der Waals surface area contributed by atoms with Crippen molar-refractivity contribution in [3.8, 4) is 0 Å². The standard InChI is InChI=1S/C20H25FN6/c1-25-9-8-23-20(25)24-15-16-6-7-22-19(14-16)27-12-10-26(11-13-27)18-4-2-17(21)3-5-18/h2-7,14H,8-13,15H2,1H3,(H,23,24). The van der Waals surface area contributed by atoms with Crippen LogP contribution in [0.25, 0.3) is 0 Å². The van der Waals surface area contributed by atoms with Gasteiger partial charge >= 0.3 is 0 Å². The molecule has 0 radical (unpaired) electrons. The van der Waals surface area contributed by atoms with E-state index in [0.29, 0.717) is 0 Å². The number of pyridine rings is 1. The summed E-state index contributed by atoms with van der Waals surface area (Å²) in [5.41, 5.74) is 2.27. The Hall–Kier alpha value is -2.83. The highest BCUT2D eigenvalue weighted by molar-refractivity contribution is 5.81. The molecule has 0 unspecified atom stereocenters. The highest BCUT2D eigenvalue weighted by Crippen LogP contribution is 2.20. The van der Waals surface area contributed by atoms with Gasteiger partial charge in [-0.1, -0.05) is 0 Å². The fourth-order valence-corrected chi connectivity index (χ4v) is 3.49. The molecule has 0 saturated carbocycles. The fraction of sp³-hybridized carbons (Fsp3) is 0.400. The van der Waals surface area contributed by atoms with Crippen LogP contribution in [0.3, 0.4) is 0 Å². The van der Waals surface area contributed by atoms with E-state index in [4.69, 9.17) is 0 Å². The second kappa shape index (κ2) is 7.82. The Morgan fingerprint density at radius 1 is 1.00 bits per heavy atom. The molecule has 0 bridgehead atoms. The number of guanidine groups is 1. The molecule has 0 atom stereocenters. The summed E-state index contributed by atoms with van der Waals surface area (Å²) in [6.07, 6.45) is 1.87. The van der Waals surface area contributed by atoms with Gasteiger partial charge in [0.05, 0.1) is 6.54 Å². The maximum atomic E-state index is 13.1. The van der Waals surface area contributed by atoms with Crippen LogP contribution in [0.15, 0.2) is 47.6 Å². The number of likely N-dealkylation sites (N-methyl/N-ethyl adjacent to an activating group) is 1. The molecule has 6 nitrogen and oxygen atoms in total. The van der Waals surface area contributed by atoms with Crippen LogP contribution in [-0.2, 0) is 6.54 Å². The number of halogens is 1. The second-order valence-corrected chi connectivity index (χ2v) is 6.95. The van der Waals surface area contributed by atoms with Crippen molar-refractivity contribution in [2.24, 2.45) is 4.99 Å². The van der Waals surface area contributed by atoms with Gasteiger partial charge < -0.3 is 20.0 Å².